The van der Waals surface area contributed by atoms with E-state index in [0.29, 0.717) is 12.0 Å². The first-order chi connectivity index (χ1) is 12.7. The van der Waals surface area contributed by atoms with E-state index < -0.39 is 0 Å². The summed E-state index contributed by atoms with van der Waals surface area (Å²) in [5.41, 5.74) is 2.83. The van der Waals surface area contributed by atoms with Crippen LogP contribution in [0.3, 0.4) is 0 Å². The molecule has 1 aromatic rings. The molecule has 2 heterocycles. The fourth-order valence-corrected chi connectivity index (χ4v) is 4.66. The fourth-order valence-electron chi connectivity index (χ4n) is 4.66. The molecule has 0 spiro atoms. The van der Waals surface area contributed by atoms with E-state index in [1.807, 2.05) is 0 Å². The van der Waals surface area contributed by atoms with Gasteiger partial charge < -0.3 is 9.64 Å². The Morgan fingerprint density at radius 2 is 1.85 bits per heavy atom. The van der Waals surface area contributed by atoms with E-state index >= 15 is 0 Å². The minimum Gasteiger partial charge on any atom is -0.375 e. The number of hydrogen-bond acceptors (Lipinski definition) is 3. The van der Waals surface area contributed by atoms with Crippen LogP contribution in [0.15, 0.2) is 24.3 Å². The van der Waals surface area contributed by atoms with Crippen molar-refractivity contribution in [2.24, 2.45) is 5.92 Å². The highest BCUT2D eigenvalue weighted by Gasteiger charge is 2.33. The number of nitrogens with zero attached hydrogens (tertiary/aromatic N) is 2. The van der Waals surface area contributed by atoms with Crippen molar-refractivity contribution in [1.82, 2.24) is 9.80 Å². The van der Waals surface area contributed by atoms with E-state index in [4.69, 9.17) is 4.74 Å². The van der Waals surface area contributed by atoms with Gasteiger partial charge in [-0.05, 0) is 62.7 Å². The molecule has 0 unspecified atom stereocenters. The molecule has 0 aliphatic carbocycles. The third-order valence-corrected chi connectivity index (χ3v) is 6.22. The molecule has 2 saturated heterocycles. The van der Waals surface area contributed by atoms with Gasteiger partial charge in [0.25, 0.3) is 0 Å². The topological polar surface area (TPSA) is 32.8 Å². The lowest BCUT2D eigenvalue weighted by Crippen LogP contribution is -2.48. The minimum atomic E-state index is 0.182. The van der Waals surface area contributed by atoms with Gasteiger partial charge in [-0.15, -0.1) is 0 Å². The summed E-state index contributed by atoms with van der Waals surface area (Å²) in [6, 6.07) is 9.12. The van der Waals surface area contributed by atoms with Gasteiger partial charge in [-0.3, -0.25) is 9.69 Å². The van der Waals surface area contributed by atoms with Gasteiger partial charge in [0.05, 0.1) is 0 Å². The van der Waals surface area contributed by atoms with Gasteiger partial charge in [0, 0.05) is 26.2 Å². The van der Waals surface area contributed by atoms with E-state index in [9.17, 15) is 4.79 Å². The molecule has 1 amide bonds. The summed E-state index contributed by atoms with van der Waals surface area (Å²) in [6.45, 7) is 6.67. The molecule has 4 heteroatoms. The van der Waals surface area contributed by atoms with Gasteiger partial charge >= 0.3 is 0 Å². The average Bonchev–Trinajstić information content (AvgIpc) is 2.91. The molecule has 1 aromatic carbocycles. The molecule has 3 rings (SSSR count). The molecule has 2 fully saturated rings. The van der Waals surface area contributed by atoms with Crippen LogP contribution in [0.2, 0.25) is 0 Å². The summed E-state index contributed by atoms with van der Waals surface area (Å²) < 4.78 is 5.13. The first-order valence-corrected chi connectivity index (χ1v) is 10.2. The Balaban J connectivity index is 1.58. The second kappa shape index (κ2) is 9.52. The molecular formula is C22H34N2O2. The van der Waals surface area contributed by atoms with E-state index in [0.717, 1.165) is 39.0 Å². The Kier molecular flexibility index (Phi) is 7.09. The number of piperidine rings is 1. The largest absolute Gasteiger partial charge is 0.375 e. The van der Waals surface area contributed by atoms with E-state index in [1.54, 1.807) is 7.11 Å². The number of aryl methyl sites for hydroxylation is 1. The Morgan fingerprint density at radius 1 is 1.08 bits per heavy atom. The third-order valence-electron chi connectivity index (χ3n) is 6.22. The SMILES string of the molecule is COCC(=O)N1CCCCC[C@@H]1C1CCN(Cc2ccccc2C)CC1. The summed E-state index contributed by atoms with van der Waals surface area (Å²) in [7, 11) is 1.62. The number of benzene rings is 1. The Labute approximate surface area is 158 Å². The summed E-state index contributed by atoms with van der Waals surface area (Å²) in [4.78, 5) is 17.3. The number of methoxy groups -OCH3 is 1. The lowest BCUT2D eigenvalue weighted by Gasteiger charge is -2.40. The molecule has 2 aliphatic rings. The van der Waals surface area contributed by atoms with Crippen molar-refractivity contribution < 1.29 is 9.53 Å². The van der Waals surface area contributed by atoms with Crippen molar-refractivity contribution in [3.05, 3.63) is 35.4 Å². The van der Waals surface area contributed by atoms with Gasteiger partial charge in [-0.25, -0.2) is 0 Å². The van der Waals surface area contributed by atoms with E-state index in [1.165, 1.54) is 36.8 Å². The first-order valence-electron chi connectivity index (χ1n) is 10.2. The van der Waals surface area contributed by atoms with Crippen LogP contribution in [0.1, 0.15) is 49.7 Å². The molecular weight excluding hydrogens is 324 g/mol. The van der Waals surface area contributed by atoms with Crippen LogP contribution in [0.5, 0.6) is 0 Å². The van der Waals surface area contributed by atoms with E-state index in [2.05, 4.69) is 41.0 Å². The lowest BCUT2D eigenvalue weighted by molar-refractivity contribution is -0.139. The highest BCUT2D eigenvalue weighted by Crippen LogP contribution is 2.30. The molecule has 26 heavy (non-hydrogen) atoms. The predicted molar refractivity (Wildman–Crippen MR) is 105 cm³/mol. The predicted octanol–water partition coefficient (Wildman–Crippen LogP) is 3.62. The molecule has 2 aliphatic heterocycles. The summed E-state index contributed by atoms with van der Waals surface area (Å²) >= 11 is 0. The zero-order valence-electron chi connectivity index (χ0n) is 16.5. The zero-order valence-corrected chi connectivity index (χ0v) is 16.5. The number of likely N-dealkylation sites (tertiary alicyclic amines) is 2. The highest BCUT2D eigenvalue weighted by atomic mass is 16.5. The van der Waals surface area contributed by atoms with Crippen molar-refractivity contribution in [2.45, 2.75) is 58.0 Å². The van der Waals surface area contributed by atoms with Crippen molar-refractivity contribution in [3.8, 4) is 0 Å². The van der Waals surface area contributed by atoms with Gasteiger partial charge in [0.15, 0.2) is 0 Å². The first kappa shape index (κ1) is 19.4. The molecule has 0 radical (unpaired) electrons. The maximum absolute atomic E-state index is 12.5. The molecule has 0 N–H and O–H groups in total. The van der Waals surface area contributed by atoms with Gasteiger partial charge in [-0.1, -0.05) is 37.1 Å². The summed E-state index contributed by atoms with van der Waals surface area (Å²) in [5, 5.41) is 0. The second-order valence-electron chi connectivity index (χ2n) is 7.98. The van der Waals surface area contributed by atoms with Gasteiger partial charge in [0.2, 0.25) is 5.91 Å². The molecule has 0 saturated carbocycles. The van der Waals surface area contributed by atoms with E-state index in [-0.39, 0.29) is 12.5 Å². The number of amides is 1. The smallest absolute Gasteiger partial charge is 0.248 e. The van der Waals surface area contributed by atoms with Crippen molar-refractivity contribution in [3.63, 3.8) is 0 Å². The fraction of sp³-hybridized carbons (Fsp3) is 0.682. The lowest BCUT2D eigenvalue weighted by atomic mass is 9.86. The van der Waals surface area contributed by atoms with Gasteiger partial charge in [0.1, 0.15) is 6.61 Å². The maximum atomic E-state index is 12.5. The average molecular weight is 359 g/mol. The highest BCUT2D eigenvalue weighted by molar-refractivity contribution is 5.77. The number of hydrogen-bond donors (Lipinski definition) is 0. The van der Waals surface area contributed by atoms with Crippen molar-refractivity contribution >= 4 is 5.91 Å². The van der Waals surface area contributed by atoms with Crippen LogP contribution in [0.25, 0.3) is 0 Å². The number of carbonyl (C=O) groups excluding carboxylic acids is 1. The summed E-state index contributed by atoms with van der Waals surface area (Å²) in [6.07, 6.45) is 7.21. The maximum Gasteiger partial charge on any atom is 0.248 e. The number of rotatable bonds is 5. The standard InChI is InChI=1S/C22H34N2O2/c1-18-8-5-6-9-20(18)16-23-14-11-19(12-15-23)21-10-4-3-7-13-24(21)22(25)17-26-2/h5-6,8-9,19,21H,3-4,7,10-17H2,1-2H3/t21-/m1/s1. The molecule has 0 bridgehead atoms. The molecule has 4 nitrogen and oxygen atoms in total. The van der Waals surface area contributed by atoms with Gasteiger partial charge in [-0.2, -0.15) is 0 Å². The van der Waals surface area contributed by atoms with Crippen LogP contribution in [-0.4, -0.2) is 55.1 Å². The number of ether oxygens (including phenoxy) is 1. The van der Waals surface area contributed by atoms with Crippen LogP contribution in [-0.2, 0) is 16.1 Å². The molecule has 1 atom stereocenters. The van der Waals surface area contributed by atoms with Crippen molar-refractivity contribution in [1.29, 1.82) is 0 Å². The Morgan fingerprint density at radius 3 is 2.58 bits per heavy atom. The number of carbonyl (C=O) groups is 1. The minimum absolute atomic E-state index is 0.182. The third kappa shape index (κ3) is 4.86. The normalized spacial score (nSPS) is 23.0. The molecule has 144 valence electrons. The van der Waals surface area contributed by atoms with Crippen molar-refractivity contribution in [2.75, 3.05) is 33.4 Å². The van der Waals surface area contributed by atoms with Crippen LogP contribution >= 0.6 is 0 Å². The second-order valence-corrected chi connectivity index (χ2v) is 7.98. The monoisotopic (exact) mass is 358 g/mol. The van der Waals surface area contributed by atoms with Crippen LogP contribution < -0.4 is 0 Å². The molecule has 0 aromatic heterocycles. The Bertz CT molecular complexity index is 581. The quantitative estimate of drug-likeness (QED) is 0.806. The van der Waals surface area contributed by atoms with Crippen LogP contribution in [0, 0.1) is 12.8 Å². The Hall–Kier alpha value is -1.39. The summed E-state index contributed by atoms with van der Waals surface area (Å²) in [5.74, 6) is 0.823. The van der Waals surface area contributed by atoms with Crippen LogP contribution in [0.4, 0.5) is 0 Å². The zero-order chi connectivity index (χ0) is 18.4.